The number of hydrogen-bond acceptors (Lipinski definition) is 5. The lowest BCUT2D eigenvalue weighted by atomic mass is 9.99. The smallest absolute Gasteiger partial charge is 0.0631 e. The Hall–Kier alpha value is -8.74. The van der Waals surface area contributed by atoms with Gasteiger partial charge in [0.1, 0.15) is 0 Å². The highest BCUT2D eigenvalue weighted by atomic mass is 15.1. The molecule has 6 heteroatoms. The second kappa shape index (κ2) is 20.3. The first-order chi connectivity index (χ1) is 35.5. The van der Waals surface area contributed by atoms with Crippen LogP contribution in [0.2, 0.25) is 0 Å². The van der Waals surface area contributed by atoms with Crippen LogP contribution in [-0.2, 0) is 6.54 Å². The van der Waals surface area contributed by atoms with Crippen molar-refractivity contribution in [3.63, 3.8) is 0 Å². The van der Waals surface area contributed by atoms with Crippen molar-refractivity contribution < 1.29 is 0 Å². The van der Waals surface area contributed by atoms with Gasteiger partial charge in [-0.2, -0.15) is 0 Å². The predicted octanol–water partition coefficient (Wildman–Crippen LogP) is 18.3. The molecule has 0 fully saturated rings. The summed E-state index contributed by atoms with van der Waals surface area (Å²) < 4.78 is 2.50. The number of anilines is 7. The monoisotopic (exact) mass is 934 g/mol. The Balaban J connectivity index is 0.893. The van der Waals surface area contributed by atoms with Crippen LogP contribution in [0.5, 0.6) is 0 Å². The molecular formula is C66H58N6. The van der Waals surface area contributed by atoms with E-state index in [2.05, 4.69) is 234 Å². The normalized spacial score (nSPS) is 12.0. The molecule has 0 aliphatic heterocycles. The Bertz CT molecular complexity index is 3710. The number of nitrogens with zero attached hydrogens (tertiary/aromatic N) is 4. The van der Waals surface area contributed by atoms with Crippen molar-refractivity contribution in [1.82, 2.24) is 4.57 Å². The van der Waals surface area contributed by atoms with Gasteiger partial charge in [-0.3, -0.25) is 4.99 Å². The Morgan fingerprint density at radius 3 is 1.50 bits per heavy atom. The third-order valence-corrected chi connectivity index (χ3v) is 14.3. The Morgan fingerprint density at radius 1 is 0.514 bits per heavy atom. The van der Waals surface area contributed by atoms with Gasteiger partial charge in [-0.05, 0) is 155 Å². The summed E-state index contributed by atoms with van der Waals surface area (Å²) in [6, 6.07) is 77.6. The summed E-state index contributed by atoms with van der Waals surface area (Å²) in [4.78, 5) is 9.66. The molecule has 1 heterocycles. The average Bonchev–Trinajstić information content (AvgIpc) is 3.74. The van der Waals surface area contributed by atoms with E-state index in [1.807, 2.05) is 18.3 Å². The molecule has 0 aliphatic rings. The number of hydrogen-bond donors (Lipinski definition) is 2. The minimum absolute atomic E-state index is 0.622. The number of nitrogen functional groups attached to an aromatic ring is 1. The van der Waals surface area contributed by atoms with Crippen LogP contribution < -0.4 is 15.5 Å². The van der Waals surface area contributed by atoms with Crippen molar-refractivity contribution in [2.75, 3.05) is 15.5 Å². The summed E-state index contributed by atoms with van der Waals surface area (Å²) in [5.74, 6) is 0.622. The van der Waals surface area contributed by atoms with Gasteiger partial charge in [0.2, 0.25) is 0 Å². The molecule has 6 nitrogen and oxygen atoms in total. The fourth-order valence-electron chi connectivity index (χ4n) is 10.4. The molecule has 0 bridgehead atoms. The van der Waals surface area contributed by atoms with Crippen LogP contribution in [0.1, 0.15) is 50.7 Å². The van der Waals surface area contributed by atoms with Crippen LogP contribution in [-0.4, -0.2) is 17.0 Å². The topological polar surface area (TPSA) is 73.6 Å². The van der Waals surface area contributed by atoms with Gasteiger partial charge in [-0.15, -0.1) is 0 Å². The third-order valence-electron chi connectivity index (χ3n) is 14.3. The van der Waals surface area contributed by atoms with Crippen LogP contribution >= 0.6 is 0 Å². The largest absolute Gasteiger partial charge is 0.399 e. The lowest BCUT2D eigenvalue weighted by Crippen LogP contribution is -2.10. The Morgan fingerprint density at radius 2 is 0.986 bits per heavy atom. The maximum atomic E-state index is 7.99. The molecule has 72 heavy (non-hydrogen) atoms. The fourth-order valence-corrected chi connectivity index (χ4v) is 10.4. The molecular weight excluding hydrogens is 877 g/mol. The second-order valence-electron chi connectivity index (χ2n) is 18.9. The maximum Gasteiger partial charge on any atom is 0.0631 e. The number of benzene rings is 10. The second-order valence-corrected chi connectivity index (χ2v) is 18.9. The van der Waals surface area contributed by atoms with E-state index in [4.69, 9.17) is 16.1 Å². The van der Waals surface area contributed by atoms with E-state index in [9.17, 15) is 0 Å². The average molecular weight is 935 g/mol. The van der Waals surface area contributed by atoms with E-state index in [0.717, 1.165) is 80.7 Å². The van der Waals surface area contributed by atoms with E-state index < -0.39 is 0 Å². The summed E-state index contributed by atoms with van der Waals surface area (Å²) in [5.41, 5.74) is 20.9. The lowest BCUT2D eigenvalue weighted by Gasteiger charge is -2.27. The predicted molar refractivity (Wildman–Crippen MR) is 309 cm³/mol. The molecule has 0 saturated heterocycles. The Labute approximate surface area is 422 Å². The van der Waals surface area contributed by atoms with Crippen molar-refractivity contribution in [2.45, 2.75) is 46.1 Å². The van der Waals surface area contributed by atoms with Gasteiger partial charge in [0.15, 0.2) is 0 Å². The van der Waals surface area contributed by atoms with Crippen LogP contribution in [0.15, 0.2) is 223 Å². The first-order valence-corrected chi connectivity index (χ1v) is 25.3. The van der Waals surface area contributed by atoms with E-state index >= 15 is 0 Å². The summed E-state index contributed by atoms with van der Waals surface area (Å²) in [6.07, 6.45) is 8.27. The SMILES string of the molecule is CCCCC(CC)Cn1c2ccc(C=N)cc2c2cc(C=Nc3ccc(N(c4ccc(-c5ccc(N(c6ccc(N)cc6)c6cccc7ccccc67)cc5)cc4)c4cccc5ccccc45)cc3)ccc21. The van der Waals surface area contributed by atoms with E-state index in [1.54, 1.807) is 0 Å². The van der Waals surface area contributed by atoms with Gasteiger partial charge in [0.25, 0.3) is 0 Å². The zero-order valence-corrected chi connectivity index (χ0v) is 40.9. The molecule has 0 saturated carbocycles. The standard InChI is InChI=1S/C66H58N6/c1-3-5-12-46(4-2)45-70-63-39-21-47(43-67)41-61(63)62-42-48(22-40-64(62)70)44-69-54-29-37-58(38-30-54)72(66-20-11-16-52-14-7-9-18-60(52)66)56-33-25-50(26-34-56)49-23-31-55(32-24-49)71(57-35-27-53(68)28-36-57)65-19-10-15-51-13-6-8-17-59(51)65/h6-11,13-44,46,67H,3-5,12,45,68H2,1-2H3. The van der Waals surface area contributed by atoms with Gasteiger partial charge in [-0.25, -0.2) is 0 Å². The van der Waals surface area contributed by atoms with Gasteiger partial charge >= 0.3 is 0 Å². The number of rotatable bonds is 16. The van der Waals surface area contributed by atoms with E-state index in [1.165, 1.54) is 68.8 Å². The fraction of sp³-hybridized carbons (Fsp3) is 0.121. The number of nitrogens with two attached hydrogens (primary N) is 1. The molecule has 0 aliphatic carbocycles. The van der Waals surface area contributed by atoms with Gasteiger partial charge in [0.05, 0.1) is 17.1 Å². The third kappa shape index (κ3) is 9.11. The molecule has 0 radical (unpaired) electrons. The molecule has 11 rings (SSSR count). The summed E-state index contributed by atoms with van der Waals surface area (Å²) in [7, 11) is 0. The van der Waals surface area contributed by atoms with Crippen LogP contribution in [0.3, 0.4) is 0 Å². The van der Waals surface area contributed by atoms with Gasteiger partial charge < -0.3 is 25.5 Å². The van der Waals surface area contributed by atoms with Gasteiger partial charge in [0, 0.05) is 80.0 Å². The summed E-state index contributed by atoms with van der Waals surface area (Å²) in [5, 5.41) is 15.1. The summed E-state index contributed by atoms with van der Waals surface area (Å²) in [6.45, 7) is 5.58. The first kappa shape index (κ1) is 45.7. The van der Waals surface area contributed by atoms with Crippen molar-refractivity contribution in [1.29, 1.82) is 5.41 Å². The van der Waals surface area contributed by atoms with Crippen LogP contribution in [0.25, 0.3) is 54.5 Å². The van der Waals surface area contributed by atoms with Crippen LogP contribution in [0, 0.1) is 11.3 Å². The van der Waals surface area contributed by atoms with Crippen molar-refractivity contribution >= 4 is 101 Å². The van der Waals surface area contributed by atoms with Crippen LogP contribution in [0.4, 0.5) is 45.5 Å². The maximum absolute atomic E-state index is 7.99. The number of aliphatic imine (C=N–C) groups is 1. The highest BCUT2D eigenvalue weighted by molar-refractivity contribution is 6.11. The molecule has 10 aromatic carbocycles. The Kier molecular flexibility index (Phi) is 12.9. The molecule has 3 N–H and O–H groups in total. The highest BCUT2D eigenvalue weighted by Gasteiger charge is 2.19. The minimum Gasteiger partial charge on any atom is -0.399 e. The van der Waals surface area contributed by atoms with Crippen molar-refractivity contribution in [3.8, 4) is 11.1 Å². The molecule has 352 valence electrons. The zero-order valence-electron chi connectivity index (χ0n) is 40.9. The number of aromatic nitrogens is 1. The molecule has 1 unspecified atom stereocenters. The minimum atomic E-state index is 0.622. The summed E-state index contributed by atoms with van der Waals surface area (Å²) >= 11 is 0. The molecule has 11 aromatic rings. The number of fused-ring (bicyclic) bond motifs is 5. The highest BCUT2D eigenvalue weighted by Crippen LogP contribution is 2.42. The lowest BCUT2D eigenvalue weighted by molar-refractivity contribution is 0.401. The van der Waals surface area contributed by atoms with Crippen molar-refractivity contribution in [3.05, 3.63) is 230 Å². The number of nitrogens with one attached hydrogen (secondary N) is 1. The molecule has 0 amide bonds. The molecule has 0 spiro atoms. The van der Waals surface area contributed by atoms with E-state index in [0.29, 0.717) is 5.92 Å². The molecule has 1 aromatic heterocycles. The van der Waals surface area contributed by atoms with Gasteiger partial charge in [-0.1, -0.05) is 142 Å². The number of unbranched alkanes of at least 4 members (excludes halogenated alkanes) is 1. The first-order valence-electron chi connectivity index (χ1n) is 25.3. The zero-order chi connectivity index (χ0) is 49.0. The van der Waals surface area contributed by atoms with E-state index in [-0.39, 0.29) is 0 Å². The quantitative estimate of drug-likeness (QED) is 0.0749. The van der Waals surface area contributed by atoms with Crippen molar-refractivity contribution in [2.24, 2.45) is 10.9 Å². The molecule has 1 atom stereocenters.